The number of anilines is 2. The third-order valence-corrected chi connectivity index (χ3v) is 6.35. The van der Waals surface area contributed by atoms with Gasteiger partial charge in [0.05, 0.1) is 11.4 Å². The number of nitrogens with zero attached hydrogens (tertiary/aromatic N) is 1. The van der Waals surface area contributed by atoms with E-state index >= 15 is 0 Å². The van der Waals surface area contributed by atoms with Crippen LogP contribution in [0.1, 0.15) is 24.2 Å². The lowest BCUT2D eigenvalue weighted by atomic mass is 10.1. The van der Waals surface area contributed by atoms with Gasteiger partial charge in [0, 0.05) is 20.4 Å². The maximum Gasteiger partial charge on any atom is 0.347 e. The van der Waals surface area contributed by atoms with Gasteiger partial charge in [-0.15, -0.1) is 0 Å². The molecule has 4 rings (SSSR count). The van der Waals surface area contributed by atoms with Crippen LogP contribution in [0.5, 0.6) is 5.75 Å². The number of carbonyl (C=O) groups excluding carboxylic acids is 3. The van der Waals surface area contributed by atoms with Gasteiger partial charge in [-0.25, -0.2) is 4.79 Å². The number of hydrogen-bond donors (Lipinski definition) is 0. The van der Waals surface area contributed by atoms with Gasteiger partial charge in [-0.1, -0.05) is 35.5 Å². The van der Waals surface area contributed by atoms with E-state index in [4.69, 9.17) is 21.1 Å². The molecule has 0 radical (unpaired) electrons. The molecule has 0 N–H and O–H groups in total. The zero-order chi connectivity index (χ0) is 23.5. The lowest BCUT2D eigenvalue weighted by Gasteiger charge is -2.31. The Morgan fingerprint density at radius 3 is 2.39 bits per heavy atom. The number of benzene rings is 3. The van der Waals surface area contributed by atoms with E-state index in [1.807, 2.05) is 30.3 Å². The highest BCUT2D eigenvalue weighted by molar-refractivity contribution is 7.99. The van der Waals surface area contributed by atoms with Gasteiger partial charge >= 0.3 is 5.97 Å². The molecule has 1 aliphatic heterocycles. The van der Waals surface area contributed by atoms with Gasteiger partial charge in [0.2, 0.25) is 0 Å². The maximum absolute atomic E-state index is 13.1. The van der Waals surface area contributed by atoms with Crippen molar-refractivity contribution in [1.29, 1.82) is 0 Å². The van der Waals surface area contributed by atoms with Gasteiger partial charge in [0.25, 0.3) is 5.91 Å². The second-order valence-electron chi connectivity index (χ2n) is 7.36. The van der Waals surface area contributed by atoms with Crippen molar-refractivity contribution in [3.8, 4) is 5.75 Å². The Morgan fingerprint density at radius 2 is 1.67 bits per heavy atom. The van der Waals surface area contributed by atoms with Crippen LogP contribution in [0.3, 0.4) is 0 Å². The van der Waals surface area contributed by atoms with Crippen LogP contribution in [0.2, 0.25) is 5.02 Å². The molecule has 1 atom stereocenters. The number of para-hydroxylation sites is 1. The van der Waals surface area contributed by atoms with Crippen LogP contribution in [0, 0.1) is 0 Å². The van der Waals surface area contributed by atoms with E-state index in [2.05, 4.69) is 0 Å². The summed E-state index contributed by atoms with van der Waals surface area (Å²) in [5, 5.41) is 0.501. The van der Waals surface area contributed by atoms with Crippen molar-refractivity contribution >= 4 is 52.4 Å². The molecule has 1 heterocycles. The van der Waals surface area contributed by atoms with Crippen LogP contribution in [0.4, 0.5) is 11.4 Å². The highest BCUT2D eigenvalue weighted by Crippen LogP contribution is 2.48. The van der Waals surface area contributed by atoms with Gasteiger partial charge in [0.1, 0.15) is 5.75 Å². The summed E-state index contributed by atoms with van der Waals surface area (Å²) in [5.41, 5.74) is 1.89. The van der Waals surface area contributed by atoms with E-state index in [1.54, 1.807) is 48.2 Å². The van der Waals surface area contributed by atoms with Crippen LogP contribution >= 0.6 is 23.4 Å². The fourth-order valence-corrected chi connectivity index (χ4v) is 4.54. The number of esters is 1. The molecule has 0 bridgehead atoms. The fourth-order valence-electron chi connectivity index (χ4n) is 3.33. The van der Waals surface area contributed by atoms with Crippen molar-refractivity contribution < 1.29 is 23.9 Å². The molecule has 3 aromatic carbocycles. The summed E-state index contributed by atoms with van der Waals surface area (Å²) in [6.07, 6.45) is -0.938. The Labute approximate surface area is 200 Å². The average molecular weight is 482 g/mol. The van der Waals surface area contributed by atoms with Crippen LogP contribution in [-0.2, 0) is 14.3 Å². The monoisotopic (exact) mass is 481 g/mol. The van der Waals surface area contributed by atoms with E-state index in [1.165, 1.54) is 18.7 Å². The first-order valence-electron chi connectivity index (χ1n) is 10.2. The summed E-state index contributed by atoms with van der Waals surface area (Å²) in [7, 11) is 0. The van der Waals surface area contributed by atoms with Gasteiger partial charge in [-0.3, -0.25) is 14.5 Å². The van der Waals surface area contributed by atoms with Crippen LogP contribution in [-0.4, -0.2) is 30.4 Å². The van der Waals surface area contributed by atoms with Gasteiger partial charge in [-0.05, 0) is 68.4 Å². The second-order valence-corrected chi connectivity index (χ2v) is 8.88. The summed E-state index contributed by atoms with van der Waals surface area (Å²) < 4.78 is 10.8. The SMILES string of the molecule is CC(=O)c1ccc(O[C@@H](C)C(=O)OCC(=O)N2c3ccccc3Sc3ccc(Cl)cc32)cc1. The van der Waals surface area contributed by atoms with E-state index < -0.39 is 24.6 Å². The summed E-state index contributed by atoms with van der Waals surface area (Å²) in [5.74, 6) is -0.725. The zero-order valence-corrected chi connectivity index (χ0v) is 19.5. The number of ether oxygens (including phenoxy) is 2. The maximum atomic E-state index is 13.1. The largest absolute Gasteiger partial charge is 0.479 e. The normalized spacial score (nSPS) is 12.9. The first-order chi connectivity index (χ1) is 15.8. The molecular formula is C25H20ClNO5S. The van der Waals surface area contributed by atoms with Gasteiger partial charge in [-0.2, -0.15) is 0 Å². The average Bonchev–Trinajstić information content (AvgIpc) is 2.81. The lowest BCUT2D eigenvalue weighted by molar-refractivity contribution is -0.154. The van der Waals surface area contributed by atoms with Gasteiger partial charge < -0.3 is 9.47 Å². The summed E-state index contributed by atoms with van der Waals surface area (Å²) in [6, 6.07) is 19.3. The molecule has 33 heavy (non-hydrogen) atoms. The number of rotatable bonds is 6. The minimum atomic E-state index is -0.938. The molecule has 3 aromatic rings. The van der Waals surface area contributed by atoms with Crippen molar-refractivity contribution in [2.45, 2.75) is 29.7 Å². The minimum absolute atomic E-state index is 0.0620. The lowest BCUT2D eigenvalue weighted by Crippen LogP contribution is -2.35. The Morgan fingerprint density at radius 1 is 0.970 bits per heavy atom. The second kappa shape index (κ2) is 9.68. The van der Waals surface area contributed by atoms with Crippen molar-refractivity contribution in [2.75, 3.05) is 11.5 Å². The molecule has 1 aliphatic rings. The molecule has 0 aromatic heterocycles. The highest BCUT2D eigenvalue weighted by atomic mass is 35.5. The molecule has 1 amide bonds. The number of fused-ring (bicyclic) bond motifs is 2. The summed E-state index contributed by atoms with van der Waals surface area (Å²) in [4.78, 5) is 40.3. The van der Waals surface area contributed by atoms with Crippen LogP contribution < -0.4 is 9.64 Å². The van der Waals surface area contributed by atoms with Crippen LogP contribution in [0.25, 0.3) is 0 Å². The molecule has 0 saturated heterocycles. The van der Waals surface area contributed by atoms with E-state index in [0.717, 1.165) is 9.79 Å². The van der Waals surface area contributed by atoms with Crippen molar-refractivity contribution in [1.82, 2.24) is 0 Å². The quantitative estimate of drug-likeness (QED) is 0.333. The van der Waals surface area contributed by atoms with Crippen molar-refractivity contribution in [3.05, 3.63) is 77.3 Å². The molecule has 168 valence electrons. The molecule has 8 heteroatoms. The fraction of sp³-hybridized carbons (Fsp3) is 0.160. The molecular weight excluding hydrogens is 462 g/mol. The number of carbonyl (C=O) groups is 3. The van der Waals surface area contributed by atoms with Gasteiger partial charge in [0.15, 0.2) is 18.5 Å². The third-order valence-electron chi connectivity index (χ3n) is 4.98. The number of halogens is 1. The third kappa shape index (κ3) is 5.05. The molecule has 0 unspecified atom stereocenters. The molecule has 0 spiro atoms. The Kier molecular flexibility index (Phi) is 6.72. The first kappa shape index (κ1) is 22.9. The number of Topliss-reactive ketones (excluding diaryl/α,β-unsaturated/α-hetero) is 1. The molecule has 0 fully saturated rings. The summed E-state index contributed by atoms with van der Waals surface area (Å²) >= 11 is 7.72. The minimum Gasteiger partial charge on any atom is -0.479 e. The standard InChI is InChI=1S/C25H20ClNO5S/c1-15(28)17-7-10-19(11-8-17)32-16(2)25(30)31-14-24(29)27-20-5-3-4-6-22(20)33-23-12-9-18(26)13-21(23)27/h3-13,16H,14H2,1-2H3/t16-/m0/s1. The molecule has 0 aliphatic carbocycles. The Balaban J connectivity index is 1.45. The predicted octanol–water partition coefficient (Wildman–Crippen LogP) is 5.68. The Bertz CT molecular complexity index is 1230. The van der Waals surface area contributed by atoms with E-state index in [9.17, 15) is 14.4 Å². The topological polar surface area (TPSA) is 72.9 Å². The van der Waals surface area contributed by atoms with Crippen LogP contribution in [0.15, 0.2) is 76.5 Å². The number of hydrogen-bond acceptors (Lipinski definition) is 6. The molecule has 0 saturated carbocycles. The summed E-state index contributed by atoms with van der Waals surface area (Å²) in [6.45, 7) is 2.55. The zero-order valence-electron chi connectivity index (χ0n) is 17.9. The highest BCUT2D eigenvalue weighted by Gasteiger charge is 2.29. The van der Waals surface area contributed by atoms with Crippen molar-refractivity contribution in [2.24, 2.45) is 0 Å². The van der Waals surface area contributed by atoms with E-state index in [0.29, 0.717) is 27.7 Å². The first-order valence-corrected chi connectivity index (χ1v) is 11.4. The number of amides is 1. The number of ketones is 1. The van der Waals surface area contributed by atoms with Crippen molar-refractivity contribution in [3.63, 3.8) is 0 Å². The smallest absolute Gasteiger partial charge is 0.347 e. The predicted molar refractivity (Wildman–Crippen MR) is 127 cm³/mol. The van der Waals surface area contributed by atoms with E-state index in [-0.39, 0.29) is 5.78 Å². The Hall–Kier alpha value is -3.29. The molecule has 6 nitrogen and oxygen atoms in total.